The van der Waals surface area contributed by atoms with Gasteiger partial charge >= 0.3 is 6.03 Å². The van der Waals surface area contributed by atoms with Crippen LogP contribution in [0.4, 0.5) is 4.79 Å². The molecule has 1 aliphatic rings. The van der Waals surface area contributed by atoms with Crippen LogP contribution in [0.25, 0.3) is 0 Å². The molecule has 1 saturated heterocycles. The summed E-state index contributed by atoms with van der Waals surface area (Å²) in [6.07, 6.45) is 3.08. The Hall–Kier alpha value is -1.71. The number of carbonyl (C=O) groups is 1. The first-order valence-electron chi connectivity index (χ1n) is 7.34. The van der Waals surface area contributed by atoms with E-state index in [1.54, 1.807) is 7.11 Å². The van der Waals surface area contributed by atoms with E-state index in [1.807, 2.05) is 29.2 Å². The van der Waals surface area contributed by atoms with Crippen molar-refractivity contribution >= 4 is 6.03 Å². The lowest BCUT2D eigenvalue weighted by atomic mass is 10.00. The van der Waals surface area contributed by atoms with Crippen LogP contribution in [0.5, 0.6) is 5.75 Å². The quantitative estimate of drug-likeness (QED) is 0.918. The highest BCUT2D eigenvalue weighted by atomic mass is 16.5. The van der Waals surface area contributed by atoms with Crippen molar-refractivity contribution in [1.29, 1.82) is 0 Å². The summed E-state index contributed by atoms with van der Waals surface area (Å²) in [6.45, 7) is 4.70. The lowest BCUT2D eigenvalue weighted by molar-refractivity contribution is 0.174. The van der Waals surface area contributed by atoms with Crippen molar-refractivity contribution in [1.82, 2.24) is 10.2 Å². The molecule has 1 aliphatic heterocycles. The summed E-state index contributed by atoms with van der Waals surface area (Å²) in [5.41, 5.74) is 1.21. The lowest BCUT2D eigenvalue weighted by Gasteiger charge is -2.30. The molecule has 1 fully saturated rings. The van der Waals surface area contributed by atoms with Crippen molar-refractivity contribution in [3.8, 4) is 5.75 Å². The fourth-order valence-electron chi connectivity index (χ4n) is 2.43. The summed E-state index contributed by atoms with van der Waals surface area (Å²) in [5.74, 6) is 1.61. The third-order valence-electron chi connectivity index (χ3n) is 3.92. The average molecular weight is 276 g/mol. The Balaban J connectivity index is 1.70. The third-order valence-corrected chi connectivity index (χ3v) is 3.92. The first kappa shape index (κ1) is 14.7. The molecule has 0 bridgehead atoms. The molecule has 2 amide bonds. The number of carbonyl (C=O) groups excluding carboxylic acids is 1. The molecule has 0 aromatic heterocycles. The van der Waals surface area contributed by atoms with Crippen LogP contribution in [0, 0.1) is 5.92 Å². The van der Waals surface area contributed by atoms with Gasteiger partial charge in [0.25, 0.3) is 0 Å². The van der Waals surface area contributed by atoms with Crippen LogP contribution in [0.3, 0.4) is 0 Å². The van der Waals surface area contributed by atoms with Gasteiger partial charge in [0.05, 0.1) is 7.11 Å². The molecule has 1 heterocycles. The molecular formula is C16H24N2O2. The van der Waals surface area contributed by atoms with Crippen molar-refractivity contribution in [2.75, 3.05) is 26.7 Å². The second-order valence-electron chi connectivity index (χ2n) is 5.50. The zero-order chi connectivity index (χ0) is 14.4. The largest absolute Gasteiger partial charge is 0.497 e. The van der Waals surface area contributed by atoms with Crippen LogP contribution in [-0.4, -0.2) is 37.7 Å². The number of urea groups is 1. The van der Waals surface area contributed by atoms with Gasteiger partial charge in [-0.1, -0.05) is 19.1 Å². The molecule has 4 heteroatoms. The predicted octanol–water partition coefficient (Wildman–Crippen LogP) is 2.68. The fraction of sp³-hybridized carbons (Fsp3) is 0.562. The van der Waals surface area contributed by atoms with Gasteiger partial charge < -0.3 is 15.0 Å². The topological polar surface area (TPSA) is 41.6 Å². The monoisotopic (exact) mass is 276 g/mol. The normalized spacial score (nSPS) is 16.0. The Morgan fingerprint density at radius 1 is 1.30 bits per heavy atom. The minimum atomic E-state index is 0.0745. The van der Waals surface area contributed by atoms with E-state index in [0.717, 1.165) is 44.0 Å². The Bertz CT molecular complexity index is 423. The number of amides is 2. The van der Waals surface area contributed by atoms with Gasteiger partial charge in [0.1, 0.15) is 5.75 Å². The number of rotatable bonds is 4. The molecule has 0 radical (unpaired) electrons. The highest BCUT2D eigenvalue weighted by molar-refractivity contribution is 5.74. The number of piperidine rings is 1. The first-order chi connectivity index (χ1) is 9.69. The number of nitrogens with one attached hydrogen (secondary N) is 1. The summed E-state index contributed by atoms with van der Waals surface area (Å²) in [4.78, 5) is 13.9. The molecule has 20 heavy (non-hydrogen) atoms. The van der Waals surface area contributed by atoms with Gasteiger partial charge in [-0.05, 0) is 42.9 Å². The van der Waals surface area contributed by atoms with Gasteiger partial charge in [0, 0.05) is 19.6 Å². The standard InChI is InChI=1S/C16H24N2O2/c1-13-8-11-18(12-9-13)16(19)17-10-7-14-3-5-15(20-2)6-4-14/h3-6,13H,7-12H2,1-2H3,(H,17,19). The molecule has 110 valence electrons. The van der Waals surface area contributed by atoms with Crippen molar-refractivity contribution in [2.45, 2.75) is 26.2 Å². The van der Waals surface area contributed by atoms with Gasteiger partial charge in [-0.2, -0.15) is 0 Å². The van der Waals surface area contributed by atoms with E-state index in [1.165, 1.54) is 5.56 Å². The maximum absolute atomic E-state index is 12.0. The van der Waals surface area contributed by atoms with Crippen molar-refractivity contribution in [2.24, 2.45) is 5.92 Å². The smallest absolute Gasteiger partial charge is 0.317 e. The van der Waals surface area contributed by atoms with Crippen LogP contribution in [0.1, 0.15) is 25.3 Å². The molecule has 4 nitrogen and oxygen atoms in total. The third kappa shape index (κ3) is 4.15. The second kappa shape index (κ2) is 7.17. The Morgan fingerprint density at radius 2 is 1.95 bits per heavy atom. The predicted molar refractivity (Wildman–Crippen MR) is 80.1 cm³/mol. The van der Waals surface area contributed by atoms with Gasteiger partial charge in [-0.25, -0.2) is 4.79 Å². The molecule has 0 spiro atoms. The van der Waals surface area contributed by atoms with Crippen LogP contribution in [0.2, 0.25) is 0 Å². The summed E-state index contributed by atoms with van der Waals surface area (Å²) in [7, 11) is 1.66. The second-order valence-corrected chi connectivity index (χ2v) is 5.50. The van der Waals surface area contributed by atoms with Gasteiger partial charge in [-0.3, -0.25) is 0 Å². The lowest BCUT2D eigenvalue weighted by Crippen LogP contribution is -2.44. The highest BCUT2D eigenvalue weighted by Gasteiger charge is 2.19. The number of hydrogen-bond acceptors (Lipinski definition) is 2. The van der Waals surface area contributed by atoms with Crippen molar-refractivity contribution in [3.63, 3.8) is 0 Å². The van der Waals surface area contributed by atoms with Crippen molar-refractivity contribution < 1.29 is 9.53 Å². The van der Waals surface area contributed by atoms with Crippen LogP contribution >= 0.6 is 0 Å². The Kier molecular flexibility index (Phi) is 5.27. The summed E-state index contributed by atoms with van der Waals surface area (Å²) < 4.78 is 5.12. The minimum Gasteiger partial charge on any atom is -0.497 e. The summed E-state index contributed by atoms with van der Waals surface area (Å²) in [5, 5.41) is 3.00. The number of methoxy groups -OCH3 is 1. The SMILES string of the molecule is COc1ccc(CCNC(=O)N2CCC(C)CC2)cc1. The average Bonchev–Trinajstić information content (AvgIpc) is 2.48. The van der Waals surface area contributed by atoms with E-state index in [0.29, 0.717) is 6.54 Å². The van der Waals surface area contributed by atoms with E-state index in [9.17, 15) is 4.79 Å². The number of ether oxygens (including phenoxy) is 1. The van der Waals surface area contributed by atoms with E-state index < -0.39 is 0 Å². The van der Waals surface area contributed by atoms with Crippen LogP contribution < -0.4 is 10.1 Å². The number of nitrogens with zero attached hydrogens (tertiary/aromatic N) is 1. The van der Waals surface area contributed by atoms with E-state index in [-0.39, 0.29) is 6.03 Å². The molecule has 1 aromatic carbocycles. The van der Waals surface area contributed by atoms with Gasteiger partial charge in [0.15, 0.2) is 0 Å². The highest BCUT2D eigenvalue weighted by Crippen LogP contribution is 2.15. The first-order valence-corrected chi connectivity index (χ1v) is 7.34. The summed E-state index contributed by atoms with van der Waals surface area (Å²) in [6, 6.07) is 8.04. The maximum Gasteiger partial charge on any atom is 0.317 e. The van der Waals surface area contributed by atoms with Crippen LogP contribution in [0.15, 0.2) is 24.3 Å². The molecule has 1 N–H and O–H groups in total. The van der Waals surface area contributed by atoms with Crippen molar-refractivity contribution in [3.05, 3.63) is 29.8 Å². The zero-order valence-electron chi connectivity index (χ0n) is 12.4. The van der Waals surface area contributed by atoms with E-state index in [4.69, 9.17) is 4.74 Å². The molecule has 0 aliphatic carbocycles. The van der Waals surface area contributed by atoms with Gasteiger partial charge in [-0.15, -0.1) is 0 Å². The maximum atomic E-state index is 12.0. The Morgan fingerprint density at radius 3 is 2.55 bits per heavy atom. The molecule has 2 rings (SSSR count). The van der Waals surface area contributed by atoms with Crippen LogP contribution in [-0.2, 0) is 6.42 Å². The molecular weight excluding hydrogens is 252 g/mol. The van der Waals surface area contributed by atoms with E-state index in [2.05, 4.69) is 12.2 Å². The molecule has 0 saturated carbocycles. The molecule has 0 atom stereocenters. The fourth-order valence-corrected chi connectivity index (χ4v) is 2.43. The number of likely N-dealkylation sites (tertiary alicyclic amines) is 1. The van der Waals surface area contributed by atoms with Gasteiger partial charge in [0.2, 0.25) is 0 Å². The minimum absolute atomic E-state index is 0.0745. The molecule has 1 aromatic rings. The zero-order valence-corrected chi connectivity index (χ0v) is 12.4. The Labute approximate surface area is 121 Å². The number of hydrogen-bond donors (Lipinski definition) is 1. The number of benzene rings is 1. The van der Waals surface area contributed by atoms with E-state index >= 15 is 0 Å². The summed E-state index contributed by atoms with van der Waals surface area (Å²) >= 11 is 0. The molecule has 0 unspecified atom stereocenters.